The van der Waals surface area contributed by atoms with E-state index in [1.807, 2.05) is 32.1 Å². The Morgan fingerprint density at radius 2 is 2.07 bits per heavy atom. The second-order valence-corrected chi connectivity index (χ2v) is 12.4. The van der Waals surface area contributed by atoms with Gasteiger partial charge in [-0.3, -0.25) is 9.59 Å². The molecule has 12 nitrogen and oxygen atoms in total. The number of ether oxygens (including phenoxy) is 3. The summed E-state index contributed by atoms with van der Waals surface area (Å²) in [5.74, 6) is -1.61. The summed E-state index contributed by atoms with van der Waals surface area (Å²) in [5.41, 5.74) is -0.925. The van der Waals surface area contributed by atoms with Crippen molar-refractivity contribution in [1.29, 1.82) is 0 Å². The molecule has 0 spiro atoms. The second-order valence-electron chi connectivity index (χ2n) is 12.0. The number of pyridine rings is 1. The molecule has 1 saturated carbocycles. The van der Waals surface area contributed by atoms with Crippen LogP contribution in [0, 0.1) is 5.92 Å². The van der Waals surface area contributed by atoms with Crippen molar-refractivity contribution >= 4 is 46.4 Å². The van der Waals surface area contributed by atoms with Crippen LogP contribution in [0.4, 0.5) is 4.79 Å². The fraction of sp³-hybridized carbons (Fsp3) is 0.545. The van der Waals surface area contributed by atoms with Crippen molar-refractivity contribution in [3.8, 4) is 11.6 Å². The summed E-state index contributed by atoms with van der Waals surface area (Å²) in [5, 5.41) is 16.7. The number of allylic oxidation sites excluding steroid dienone is 1. The van der Waals surface area contributed by atoms with Crippen molar-refractivity contribution in [1.82, 2.24) is 20.5 Å². The SMILES string of the molecule is CCCOC(=O)N[C@H]1CCCC/C=C\[C@@H]2C[C@@]2(C(=O)O)NC(=O)[C@@H]2C[C@@H](Oc3cc(OCC)nc4c(Cl)cccc34)CN2C(=O)C1. The second kappa shape index (κ2) is 14.6. The van der Waals surface area contributed by atoms with E-state index in [0.717, 1.165) is 19.3 Å². The minimum atomic E-state index is -1.42. The highest BCUT2D eigenvalue weighted by atomic mass is 35.5. The molecule has 248 valence electrons. The van der Waals surface area contributed by atoms with Crippen molar-refractivity contribution in [2.24, 2.45) is 5.92 Å². The first-order valence-corrected chi connectivity index (χ1v) is 16.4. The molecule has 1 aromatic carbocycles. The summed E-state index contributed by atoms with van der Waals surface area (Å²) < 4.78 is 17.3. The number of aliphatic carboxylic acids is 1. The van der Waals surface area contributed by atoms with Crippen LogP contribution in [0.1, 0.15) is 65.2 Å². The van der Waals surface area contributed by atoms with E-state index in [1.54, 1.807) is 18.2 Å². The van der Waals surface area contributed by atoms with Crippen molar-refractivity contribution < 1.29 is 38.5 Å². The van der Waals surface area contributed by atoms with E-state index < -0.39 is 41.7 Å². The highest BCUT2D eigenvalue weighted by molar-refractivity contribution is 6.35. The van der Waals surface area contributed by atoms with Gasteiger partial charge in [0.25, 0.3) is 0 Å². The molecular formula is C33H41ClN4O8. The molecule has 1 saturated heterocycles. The van der Waals surface area contributed by atoms with Crippen LogP contribution in [-0.4, -0.2) is 82.4 Å². The maximum Gasteiger partial charge on any atom is 0.407 e. The summed E-state index contributed by atoms with van der Waals surface area (Å²) in [7, 11) is 0. The van der Waals surface area contributed by atoms with Gasteiger partial charge in [0.05, 0.1) is 30.3 Å². The third kappa shape index (κ3) is 7.49. The summed E-state index contributed by atoms with van der Waals surface area (Å²) in [6.45, 7) is 4.43. The molecule has 5 rings (SSSR count). The van der Waals surface area contributed by atoms with Gasteiger partial charge in [0, 0.05) is 36.3 Å². The highest BCUT2D eigenvalue weighted by Gasteiger charge is 2.61. The van der Waals surface area contributed by atoms with E-state index in [4.69, 9.17) is 25.8 Å². The number of nitrogens with zero attached hydrogens (tertiary/aromatic N) is 2. The minimum Gasteiger partial charge on any atom is -0.488 e. The number of hydrogen-bond donors (Lipinski definition) is 3. The molecule has 13 heteroatoms. The van der Waals surface area contributed by atoms with Crippen molar-refractivity contribution in [3.63, 3.8) is 0 Å². The predicted octanol–water partition coefficient (Wildman–Crippen LogP) is 4.62. The van der Waals surface area contributed by atoms with E-state index in [1.165, 1.54) is 4.90 Å². The Morgan fingerprint density at radius 3 is 2.83 bits per heavy atom. The molecule has 2 aliphatic heterocycles. The number of amides is 3. The largest absolute Gasteiger partial charge is 0.488 e. The standard InChI is InChI=1S/C33H41ClN4O8/c1-3-14-45-32(43)35-21-11-8-6-5-7-10-20-18-33(20,31(41)42)37-30(40)25-16-22(19-38(25)28(39)15-21)46-26-17-27(44-4-2)36-29-23(26)12-9-13-24(29)34/h7,9-10,12-13,17,20-22,25H,3-6,8,11,14-16,18-19H2,1-2H3,(H,35,43)(H,37,40)(H,41,42)/b10-7-/t20-,21+,22-,25+,33-/m1/s1. The van der Waals surface area contributed by atoms with Gasteiger partial charge in [-0.25, -0.2) is 14.6 Å². The fourth-order valence-corrected chi connectivity index (χ4v) is 6.42. The Kier molecular flexibility index (Phi) is 10.6. The number of carboxylic acids is 1. The van der Waals surface area contributed by atoms with E-state index in [9.17, 15) is 24.3 Å². The number of nitrogens with one attached hydrogen (secondary N) is 2. The average Bonchev–Trinajstić information content (AvgIpc) is 3.55. The molecule has 46 heavy (non-hydrogen) atoms. The number of benzene rings is 1. The van der Waals surface area contributed by atoms with E-state index in [-0.39, 0.29) is 44.2 Å². The number of halogens is 1. The number of fused-ring (bicyclic) bond motifs is 3. The molecule has 2 fully saturated rings. The number of carboxylic acid groups (broad SMARTS) is 1. The average molecular weight is 657 g/mol. The first-order valence-electron chi connectivity index (χ1n) is 16.0. The van der Waals surface area contributed by atoms with Crippen molar-refractivity contribution in [3.05, 3.63) is 41.4 Å². The van der Waals surface area contributed by atoms with Gasteiger partial charge in [-0.15, -0.1) is 0 Å². The zero-order chi connectivity index (χ0) is 32.8. The molecule has 1 aromatic heterocycles. The lowest BCUT2D eigenvalue weighted by atomic mass is 10.0. The first kappa shape index (κ1) is 33.3. The number of para-hydroxylation sites is 1. The molecule has 5 atom stereocenters. The quantitative estimate of drug-likeness (QED) is 0.345. The van der Waals surface area contributed by atoms with Crippen LogP contribution in [0.5, 0.6) is 11.6 Å². The van der Waals surface area contributed by atoms with Gasteiger partial charge in [0.2, 0.25) is 17.7 Å². The molecule has 0 radical (unpaired) electrons. The lowest BCUT2D eigenvalue weighted by Crippen LogP contribution is -2.53. The number of hydrogen-bond acceptors (Lipinski definition) is 8. The molecule has 0 unspecified atom stereocenters. The fourth-order valence-electron chi connectivity index (χ4n) is 6.20. The Bertz CT molecular complexity index is 1500. The number of aromatic nitrogens is 1. The van der Waals surface area contributed by atoms with Crippen LogP contribution < -0.4 is 20.1 Å². The maximum atomic E-state index is 13.9. The van der Waals surface area contributed by atoms with Crippen LogP contribution in [0.3, 0.4) is 0 Å². The van der Waals surface area contributed by atoms with Gasteiger partial charge in [-0.1, -0.05) is 43.2 Å². The number of carbonyl (C=O) groups is 4. The molecule has 3 N–H and O–H groups in total. The van der Waals surface area contributed by atoms with Gasteiger partial charge in [0.15, 0.2) is 0 Å². The number of rotatable bonds is 8. The molecule has 0 bridgehead atoms. The Hall–Kier alpha value is -4.06. The summed E-state index contributed by atoms with van der Waals surface area (Å²) >= 11 is 6.45. The first-order chi connectivity index (χ1) is 22.1. The van der Waals surface area contributed by atoms with Crippen LogP contribution in [0.15, 0.2) is 36.4 Å². The number of alkyl carbamates (subject to hydrolysis) is 1. The molecular weight excluding hydrogens is 616 g/mol. The Morgan fingerprint density at radius 1 is 1.24 bits per heavy atom. The van der Waals surface area contributed by atoms with Gasteiger partial charge in [-0.05, 0) is 51.2 Å². The third-order valence-corrected chi connectivity index (χ3v) is 8.97. The van der Waals surface area contributed by atoms with Gasteiger partial charge < -0.3 is 34.9 Å². The number of carbonyl (C=O) groups excluding carboxylic acids is 3. The van der Waals surface area contributed by atoms with Gasteiger partial charge >= 0.3 is 12.1 Å². The zero-order valence-electron chi connectivity index (χ0n) is 26.1. The van der Waals surface area contributed by atoms with E-state index in [0.29, 0.717) is 47.0 Å². The predicted molar refractivity (Wildman–Crippen MR) is 170 cm³/mol. The minimum absolute atomic E-state index is 0.0530. The van der Waals surface area contributed by atoms with Crippen LogP contribution in [0.25, 0.3) is 10.9 Å². The normalized spacial score (nSPS) is 27.3. The topological polar surface area (TPSA) is 156 Å². The Labute approximate surface area is 272 Å². The van der Waals surface area contributed by atoms with E-state index >= 15 is 0 Å². The summed E-state index contributed by atoms with van der Waals surface area (Å²) in [6, 6.07) is 5.47. The third-order valence-electron chi connectivity index (χ3n) is 8.67. The highest BCUT2D eigenvalue weighted by Crippen LogP contribution is 2.45. The molecule has 3 heterocycles. The summed E-state index contributed by atoms with van der Waals surface area (Å²) in [4.78, 5) is 58.4. The van der Waals surface area contributed by atoms with Crippen molar-refractivity contribution in [2.75, 3.05) is 19.8 Å². The Balaban J connectivity index is 1.43. The lowest BCUT2D eigenvalue weighted by Gasteiger charge is -2.27. The maximum absolute atomic E-state index is 13.9. The van der Waals surface area contributed by atoms with Gasteiger partial charge in [0.1, 0.15) is 23.4 Å². The van der Waals surface area contributed by atoms with Gasteiger partial charge in [-0.2, -0.15) is 0 Å². The molecule has 3 amide bonds. The lowest BCUT2D eigenvalue weighted by molar-refractivity contribution is -0.145. The van der Waals surface area contributed by atoms with Crippen LogP contribution >= 0.6 is 11.6 Å². The van der Waals surface area contributed by atoms with E-state index in [2.05, 4.69) is 15.6 Å². The molecule has 1 aliphatic carbocycles. The summed E-state index contributed by atoms with van der Waals surface area (Å²) in [6.07, 6.45) is 6.39. The zero-order valence-corrected chi connectivity index (χ0v) is 26.9. The monoisotopic (exact) mass is 656 g/mol. The smallest absolute Gasteiger partial charge is 0.407 e. The molecule has 3 aliphatic rings. The molecule has 2 aromatic rings. The van der Waals surface area contributed by atoms with Crippen molar-refractivity contribution in [2.45, 2.75) is 88.9 Å². The van der Waals surface area contributed by atoms with Crippen LogP contribution in [-0.2, 0) is 19.1 Å². The van der Waals surface area contributed by atoms with Crippen LogP contribution in [0.2, 0.25) is 5.02 Å².